The van der Waals surface area contributed by atoms with E-state index in [-0.39, 0.29) is 12.4 Å². The zero-order valence-electron chi connectivity index (χ0n) is 7.77. The van der Waals surface area contributed by atoms with Crippen LogP contribution in [0.15, 0.2) is 34.9 Å². The van der Waals surface area contributed by atoms with E-state index in [1.165, 1.54) is 18.3 Å². The zero-order chi connectivity index (χ0) is 10.7. The summed E-state index contributed by atoms with van der Waals surface area (Å²) in [6.45, 7) is 6.84. The van der Waals surface area contributed by atoms with Crippen LogP contribution in [0.2, 0.25) is 0 Å². The van der Waals surface area contributed by atoms with Gasteiger partial charge >= 0.3 is 0 Å². The van der Waals surface area contributed by atoms with Crippen molar-refractivity contribution in [2.24, 2.45) is 0 Å². The molecule has 1 heterocycles. The molecule has 1 aromatic heterocycles. The van der Waals surface area contributed by atoms with Gasteiger partial charge in [-0.1, -0.05) is 0 Å². The fraction of sp³-hybridized carbons (Fsp3) is 0.0909. The summed E-state index contributed by atoms with van der Waals surface area (Å²) in [5.41, 5.74) is 0.702. The molecule has 74 valence electrons. The van der Waals surface area contributed by atoms with Crippen molar-refractivity contribution in [3.63, 3.8) is 0 Å². The van der Waals surface area contributed by atoms with Crippen molar-refractivity contribution in [1.82, 2.24) is 4.98 Å². The van der Waals surface area contributed by atoms with E-state index in [9.17, 15) is 4.39 Å². The first-order chi connectivity index (χ1) is 7.29. The summed E-state index contributed by atoms with van der Waals surface area (Å²) >= 11 is 0. The molecule has 0 aliphatic carbocycles. The van der Waals surface area contributed by atoms with Gasteiger partial charge in [-0.2, -0.15) is 0 Å². The molecule has 1 aromatic carbocycles. The van der Waals surface area contributed by atoms with Gasteiger partial charge < -0.3 is 9.26 Å². The highest BCUT2D eigenvalue weighted by molar-refractivity contribution is 5.52. The normalized spacial score (nSPS) is 9.87. The van der Waals surface area contributed by atoms with Crippen LogP contribution in [0, 0.1) is 12.4 Å². The summed E-state index contributed by atoms with van der Waals surface area (Å²) in [5.74, 6) is 0.629. The molecular formula is C11H7FN2O. The van der Waals surface area contributed by atoms with Crippen molar-refractivity contribution in [3.8, 4) is 11.5 Å². The molecule has 0 aliphatic heterocycles. The number of oxazole rings is 1. The Morgan fingerprint density at radius 1 is 1.33 bits per heavy atom. The van der Waals surface area contributed by atoms with E-state index in [0.717, 1.165) is 0 Å². The van der Waals surface area contributed by atoms with Crippen LogP contribution in [0.3, 0.4) is 0 Å². The lowest BCUT2D eigenvalue weighted by Gasteiger charge is -1.93. The van der Waals surface area contributed by atoms with Gasteiger partial charge in [0.1, 0.15) is 5.82 Å². The van der Waals surface area contributed by atoms with Crippen LogP contribution in [0.5, 0.6) is 0 Å². The SMILES string of the molecule is [C-]#[N+]Cc1cnc(-c2ccc(F)cc2)o1. The maximum Gasteiger partial charge on any atom is 0.273 e. The number of aromatic nitrogens is 1. The smallest absolute Gasteiger partial charge is 0.273 e. The van der Waals surface area contributed by atoms with Crippen LogP contribution >= 0.6 is 0 Å². The molecule has 0 saturated carbocycles. The minimum absolute atomic E-state index is 0.175. The van der Waals surface area contributed by atoms with Gasteiger partial charge in [0.05, 0.1) is 6.20 Å². The molecule has 0 unspecified atom stereocenters. The van der Waals surface area contributed by atoms with Crippen molar-refractivity contribution >= 4 is 0 Å². The molecular weight excluding hydrogens is 195 g/mol. The molecule has 15 heavy (non-hydrogen) atoms. The van der Waals surface area contributed by atoms with Crippen LogP contribution in [-0.4, -0.2) is 4.98 Å². The molecule has 0 aliphatic rings. The lowest BCUT2D eigenvalue weighted by Crippen LogP contribution is -1.77. The highest BCUT2D eigenvalue weighted by atomic mass is 19.1. The Balaban J connectivity index is 2.30. The summed E-state index contributed by atoms with van der Waals surface area (Å²) in [6, 6.07) is 5.85. The minimum atomic E-state index is -0.299. The quantitative estimate of drug-likeness (QED) is 0.701. The summed E-state index contributed by atoms with van der Waals surface area (Å²) in [5, 5.41) is 0. The first-order valence-corrected chi connectivity index (χ1v) is 4.33. The fourth-order valence-electron chi connectivity index (χ4n) is 1.18. The molecule has 2 aromatic rings. The molecule has 0 bridgehead atoms. The van der Waals surface area contributed by atoms with Crippen LogP contribution in [-0.2, 0) is 6.54 Å². The summed E-state index contributed by atoms with van der Waals surface area (Å²) in [4.78, 5) is 7.19. The van der Waals surface area contributed by atoms with Gasteiger partial charge in [0.2, 0.25) is 11.7 Å². The largest absolute Gasteiger partial charge is 0.433 e. The summed E-state index contributed by atoms with van der Waals surface area (Å²) < 4.78 is 17.9. The standard InChI is InChI=1S/C11H7FN2O/c1-13-6-10-7-14-11(15-10)8-2-4-9(12)5-3-8/h2-5,7H,6H2. The number of benzene rings is 1. The van der Waals surface area contributed by atoms with E-state index in [4.69, 9.17) is 11.0 Å². The molecule has 3 nitrogen and oxygen atoms in total. The van der Waals surface area contributed by atoms with Crippen molar-refractivity contribution in [1.29, 1.82) is 0 Å². The first-order valence-electron chi connectivity index (χ1n) is 4.33. The Kier molecular flexibility index (Phi) is 2.46. The Bertz CT molecular complexity index is 496. The Morgan fingerprint density at radius 3 is 2.73 bits per heavy atom. The van der Waals surface area contributed by atoms with E-state index >= 15 is 0 Å². The first kappa shape index (κ1) is 9.41. The molecule has 0 atom stereocenters. The van der Waals surface area contributed by atoms with Crippen LogP contribution in [0.25, 0.3) is 16.3 Å². The molecule has 0 radical (unpaired) electrons. The summed E-state index contributed by atoms with van der Waals surface area (Å²) in [6.07, 6.45) is 1.51. The number of halogens is 1. The second-order valence-corrected chi connectivity index (χ2v) is 2.95. The lowest BCUT2D eigenvalue weighted by molar-refractivity contribution is 0.530. The Labute approximate surface area is 86.0 Å². The lowest BCUT2D eigenvalue weighted by atomic mass is 10.2. The van der Waals surface area contributed by atoms with Gasteiger partial charge in [-0.3, -0.25) is 0 Å². The van der Waals surface area contributed by atoms with E-state index in [1.54, 1.807) is 12.1 Å². The van der Waals surface area contributed by atoms with Crippen LogP contribution in [0.4, 0.5) is 4.39 Å². The van der Waals surface area contributed by atoms with E-state index in [2.05, 4.69) is 9.83 Å². The molecule has 0 fully saturated rings. The highest BCUT2D eigenvalue weighted by Gasteiger charge is 2.07. The zero-order valence-corrected chi connectivity index (χ0v) is 7.77. The molecule has 2 rings (SSSR count). The number of hydrogen-bond donors (Lipinski definition) is 0. The van der Waals surface area contributed by atoms with Gasteiger partial charge in [-0.15, -0.1) is 0 Å². The van der Waals surface area contributed by atoms with E-state index in [1.807, 2.05) is 0 Å². The Hall–Kier alpha value is -2.15. The average Bonchev–Trinajstić information content (AvgIpc) is 2.68. The summed E-state index contributed by atoms with van der Waals surface area (Å²) in [7, 11) is 0. The van der Waals surface area contributed by atoms with Gasteiger partial charge in [-0.05, 0) is 24.3 Å². The monoisotopic (exact) mass is 202 g/mol. The van der Waals surface area contributed by atoms with E-state index < -0.39 is 0 Å². The molecule has 0 saturated heterocycles. The maximum atomic E-state index is 12.6. The number of rotatable bonds is 2. The predicted octanol–water partition coefficient (Wildman–Crippen LogP) is 2.90. The third-order valence-electron chi connectivity index (χ3n) is 1.88. The third kappa shape index (κ3) is 2.02. The molecule has 0 amide bonds. The third-order valence-corrected chi connectivity index (χ3v) is 1.88. The fourth-order valence-corrected chi connectivity index (χ4v) is 1.18. The number of hydrogen-bond acceptors (Lipinski definition) is 2. The number of nitrogens with zero attached hydrogens (tertiary/aromatic N) is 2. The van der Waals surface area contributed by atoms with E-state index in [0.29, 0.717) is 17.2 Å². The van der Waals surface area contributed by atoms with Gasteiger partial charge in [0.15, 0.2) is 0 Å². The highest BCUT2D eigenvalue weighted by Crippen LogP contribution is 2.19. The van der Waals surface area contributed by atoms with Crippen LogP contribution in [0.1, 0.15) is 5.76 Å². The average molecular weight is 202 g/mol. The van der Waals surface area contributed by atoms with Crippen LogP contribution < -0.4 is 0 Å². The predicted molar refractivity (Wildman–Crippen MR) is 52.2 cm³/mol. The maximum absolute atomic E-state index is 12.6. The van der Waals surface area contributed by atoms with Crippen molar-refractivity contribution in [2.75, 3.05) is 0 Å². The topological polar surface area (TPSA) is 30.4 Å². The second-order valence-electron chi connectivity index (χ2n) is 2.95. The van der Waals surface area contributed by atoms with Gasteiger partial charge in [0, 0.05) is 5.56 Å². The molecule has 0 N–H and O–H groups in total. The van der Waals surface area contributed by atoms with Gasteiger partial charge in [0.25, 0.3) is 6.54 Å². The second kappa shape index (κ2) is 3.93. The van der Waals surface area contributed by atoms with Crippen molar-refractivity contribution < 1.29 is 8.81 Å². The molecule has 4 heteroatoms. The van der Waals surface area contributed by atoms with Crippen molar-refractivity contribution in [2.45, 2.75) is 6.54 Å². The van der Waals surface area contributed by atoms with Gasteiger partial charge in [-0.25, -0.2) is 15.9 Å². The van der Waals surface area contributed by atoms with Crippen molar-refractivity contribution in [3.05, 3.63) is 53.5 Å². The Morgan fingerprint density at radius 2 is 2.07 bits per heavy atom. The molecule has 0 spiro atoms. The minimum Gasteiger partial charge on any atom is -0.433 e.